The summed E-state index contributed by atoms with van der Waals surface area (Å²) in [6.45, 7) is 0. The lowest BCUT2D eigenvalue weighted by atomic mass is 10.2. The predicted octanol–water partition coefficient (Wildman–Crippen LogP) is 2.85. The third-order valence-electron chi connectivity index (χ3n) is 2.93. The molecule has 0 bridgehead atoms. The van der Waals surface area contributed by atoms with Gasteiger partial charge in [0, 0.05) is 23.2 Å². The van der Waals surface area contributed by atoms with Gasteiger partial charge in [-0.15, -0.1) is 0 Å². The van der Waals surface area contributed by atoms with Crippen LogP contribution in [0.15, 0.2) is 59.1 Å². The van der Waals surface area contributed by atoms with Crippen LogP contribution in [0.4, 0.5) is 0 Å². The van der Waals surface area contributed by atoms with Crippen molar-refractivity contribution in [3.63, 3.8) is 0 Å². The monoisotopic (exact) mass is 298 g/mol. The molecule has 1 heterocycles. The molecule has 21 heavy (non-hydrogen) atoms. The Bertz CT molecular complexity index is 782. The Morgan fingerprint density at radius 1 is 1.05 bits per heavy atom. The highest BCUT2D eigenvalue weighted by Gasteiger charge is 2.17. The highest BCUT2D eigenvalue weighted by molar-refractivity contribution is 6.30. The minimum Gasteiger partial charge on any atom is -0.539 e. The number of benzene rings is 2. The molecule has 0 spiro atoms. The third kappa shape index (κ3) is 2.95. The summed E-state index contributed by atoms with van der Waals surface area (Å²) in [6, 6.07) is 16.7. The standard InChI is InChI=1S/C16H11ClN2O2/c17-13-7-4-8-14(11-13)19-15(16(20)21-18-19)10-9-12-5-2-1-3-6-12/h1-11H/b10-9+. The van der Waals surface area contributed by atoms with Crippen molar-refractivity contribution in [3.8, 4) is 11.6 Å². The summed E-state index contributed by atoms with van der Waals surface area (Å²) in [5.74, 6) is -0.498. The molecular weight excluding hydrogens is 288 g/mol. The van der Waals surface area contributed by atoms with Crippen molar-refractivity contribution in [1.82, 2.24) is 5.27 Å². The van der Waals surface area contributed by atoms with Gasteiger partial charge in [-0.1, -0.05) is 48.0 Å². The van der Waals surface area contributed by atoms with Gasteiger partial charge in [-0.3, -0.25) is 0 Å². The zero-order valence-electron chi connectivity index (χ0n) is 10.9. The average Bonchev–Trinajstić information content (AvgIpc) is 2.87. The molecule has 0 N–H and O–H groups in total. The minimum atomic E-state index is -0.498. The molecule has 1 aromatic heterocycles. The quantitative estimate of drug-likeness (QED) is 0.699. The van der Waals surface area contributed by atoms with Crippen LogP contribution >= 0.6 is 11.6 Å². The molecule has 0 aliphatic rings. The number of aromatic nitrogens is 2. The number of nitrogens with zero attached hydrogens (tertiary/aromatic N) is 2. The summed E-state index contributed by atoms with van der Waals surface area (Å²) in [6.07, 6.45) is 3.50. The molecule has 0 atom stereocenters. The van der Waals surface area contributed by atoms with Gasteiger partial charge >= 0.3 is 0 Å². The molecule has 2 aromatic carbocycles. The molecule has 0 saturated carbocycles. The van der Waals surface area contributed by atoms with Gasteiger partial charge < -0.3 is 9.63 Å². The summed E-state index contributed by atoms with van der Waals surface area (Å²) >= 11 is 5.96. The Kier molecular flexibility index (Phi) is 3.71. The molecule has 4 nitrogen and oxygen atoms in total. The van der Waals surface area contributed by atoms with E-state index in [1.54, 1.807) is 30.3 Å². The van der Waals surface area contributed by atoms with Gasteiger partial charge in [0.2, 0.25) is 5.69 Å². The summed E-state index contributed by atoms with van der Waals surface area (Å²) in [5.41, 5.74) is 1.98. The van der Waals surface area contributed by atoms with E-state index in [1.807, 2.05) is 36.4 Å². The molecule has 5 heteroatoms. The van der Waals surface area contributed by atoms with Crippen LogP contribution in [0, 0.1) is 0 Å². The van der Waals surface area contributed by atoms with Crippen molar-refractivity contribution >= 4 is 23.8 Å². The highest BCUT2D eigenvalue weighted by atomic mass is 35.5. The molecule has 0 aliphatic heterocycles. The van der Waals surface area contributed by atoms with Crippen LogP contribution in [-0.2, 0) is 0 Å². The minimum absolute atomic E-state index is 0.334. The van der Waals surface area contributed by atoms with Gasteiger partial charge in [-0.2, -0.15) is 0 Å². The highest BCUT2D eigenvalue weighted by Crippen LogP contribution is 2.16. The van der Waals surface area contributed by atoms with Gasteiger partial charge in [-0.05, 0) is 22.4 Å². The van der Waals surface area contributed by atoms with E-state index in [-0.39, 0.29) is 0 Å². The SMILES string of the molecule is [O-]c1on[n+](-c2cccc(Cl)c2)c1/C=C/c1ccccc1. The van der Waals surface area contributed by atoms with Crippen molar-refractivity contribution in [2.75, 3.05) is 0 Å². The number of rotatable bonds is 3. The van der Waals surface area contributed by atoms with E-state index in [4.69, 9.17) is 16.1 Å². The molecule has 3 aromatic rings. The lowest BCUT2D eigenvalue weighted by molar-refractivity contribution is -0.672. The van der Waals surface area contributed by atoms with Crippen molar-refractivity contribution in [3.05, 3.63) is 70.9 Å². The molecule has 0 fully saturated rings. The lowest BCUT2D eigenvalue weighted by Crippen LogP contribution is -2.35. The maximum absolute atomic E-state index is 11.8. The Labute approximate surface area is 126 Å². The average molecular weight is 299 g/mol. The van der Waals surface area contributed by atoms with E-state index in [9.17, 15) is 5.11 Å². The summed E-state index contributed by atoms with van der Waals surface area (Å²) < 4.78 is 6.17. The summed E-state index contributed by atoms with van der Waals surface area (Å²) in [4.78, 5) is 0. The molecule has 0 amide bonds. The first-order chi connectivity index (χ1) is 10.2. The van der Waals surface area contributed by atoms with Crippen molar-refractivity contribution < 1.29 is 14.3 Å². The van der Waals surface area contributed by atoms with Crippen molar-refractivity contribution in [1.29, 1.82) is 0 Å². The fourth-order valence-electron chi connectivity index (χ4n) is 1.93. The van der Waals surface area contributed by atoms with Crippen LogP contribution in [0.3, 0.4) is 0 Å². The second kappa shape index (κ2) is 5.81. The van der Waals surface area contributed by atoms with E-state index < -0.39 is 5.95 Å². The zero-order chi connectivity index (χ0) is 14.7. The van der Waals surface area contributed by atoms with Crippen LogP contribution in [0.1, 0.15) is 11.3 Å². The Morgan fingerprint density at radius 3 is 2.62 bits per heavy atom. The molecular formula is C16H11ClN2O2. The maximum Gasteiger partial charge on any atom is 0.263 e. The normalized spacial score (nSPS) is 11.1. The predicted molar refractivity (Wildman–Crippen MR) is 77.9 cm³/mol. The van der Waals surface area contributed by atoms with E-state index in [2.05, 4.69) is 5.27 Å². The van der Waals surface area contributed by atoms with Gasteiger partial charge in [0.25, 0.3) is 5.69 Å². The smallest absolute Gasteiger partial charge is 0.263 e. The number of hydrogen-bond acceptors (Lipinski definition) is 3. The van der Waals surface area contributed by atoms with Crippen LogP contribution < -0.4 is 9.79 Å². The molecule has 0 saturated heterocycles. The van der Waals surface area contributed by atoms with Crippen LogP contribution in [0.5, 0.6) is 5.95 Å². The Balaban J connectivity index is 2.00. The number of hydrogen-bond donors (Lipinski definition) is 0. The molecule has 0 aliphatic carbocycles. The third-order valence-corrected chi connectivity index (χ3v) is 3.16. The molecule has 0 radical (unpaired) electrons. The van der Waals surface area contributed by atoms with Gasteiger partial charge in [0.1, 0.15) is 0 Å². The number of halogens is 1. The van der Waals surface area contributed by atoms with Crippen LogP contribution in [0.2, 0.25) is 5.02 Å². The van der Waals surface area contributed by atoms with Gasteiger partial charge in [-0.25, -0.2) is 0 Å². The van der Waals surface area contributed by atoms with E-state index >= 15 is 0 Å². The fraction of sp³-hybridized carbons (Fsp3) is 0. The fourth-order valence-corrected chi connectivity index (χ4v) is 2.11. The van der Waals surface area contributed by atoms with Crippen LogP contribution in [-0.4, -0.2) is 5.27 Å². The largest absolute Gasteiger partial charge is 0.539 e. The van der Waals surface area contributed by atoms with Crippen molar-refractivity contribution in [2.45, 2.75) is 0 Å². The first kappa shape index (κ1) is 13.4. The van der Waals surface area contributed by atoms with E-state index in [0.29, 0.717) is 16.4 Å². The lowest BCUT2D eigenvalue weighted by Gasteiger charge is -1.94. The molecule has 104 valence electrons. The Hall–Kier alpha value is -2.59. The Morgan fingerprint density at radius 2 is 1.86 bits per heavy atom. The van der Waals surface area contributed by atoms with E-state index in [1.165, 1.54) is 4.68 Å². The van der Waals surface area contributed by atoms with Gasteiger partial charge in [0.15, 0.2) is 5.95 Å². The second-order valence-corrected chi connectivity index (χ2v) is 4.82. The molecule has 0 unspecified atom stereocenters. The summed E-state index contributed by atoms with van der Waals surface area (Å²) in [5, 5.41) is 16.1. The van der Waals surface area contributed by atoms with Gasteiger partial charge in [0.05, 0.1) is 5.27 Å². The summed E-state index contributed by atoms with van der Waals surface area (Å²) in [7, 11) is 0. The second-order valence-electron chi connectivity index (χ2n) is 4.38. The topological polar surface area (TPSA) is 53.0 Å². The first-order valence-corrected chi connectivity index (χ1v) is 6.70. The van der Waals surface area contributed by atoms with E-state index in [0.717, 1.165) is 5.56 Å². The zero-order valence-corrected chi connectivity index (χ0v) is 11.7. The first-order valence-electron chi connectivity index (χ1n) is 6.32. The van der Waals surface area contributed by atoms with Crippen molar-refractivity contribution in [2.24, 2.45) is 0 Å². The van der Waals surface area contributed by atoms with Crippen LogP contribution in [0.25, 0.3) is 17.8 Å². The molecule has 3 rings (SSSR count). The maximum atomic E-state index is 11.8.